The second-order valence-electron chi connectivity index (χ2n) is 6.91. The minimum Gasteiger partial charge on any atom is -0.369 e. The van der Waals surface area contributed by atoms with Crippen molar-refractivity contribution in [2.75, 3.05) is 25.0 Å². The highest BCUT2D eigenvalue weighted by Gasteiger charge is 2.17. The zero-order valence-corrected chi connectivity index (χ0v) is 16.8. The van der Waals surface area contributed by atoms with Crippen LogP contribution in [0.5, 0.6) is 0 Å². The SMILES string of the molecule is CCCNCCCNc1nc2ccccc2c2c(=O)c3cc(F)cc(F)c3sc12. The summed E-state index contributed by atoms with van der Waals surface area (Å²) in [6.45, 7) is 4.63. The lowest BCUT2D eigenvalue weighted by Gasteiger charge is -2.12. The molecule has 0 saturated carbocycles. The first kappa shape index (κ1) is 19.7. The van der Waals surface area contributed by atoms with Gasteiger partial charge in [-0.25, -0.2) is 13.8 Å². The van der Waals surface area contributed by atoms with Crippen molar-refractivity contribution in [2.24, 2.45) is 0 Å². The molecule has 150 valence electrons. The van der Waals surface area contributed by atoms with Gasteiger partial charge in [0.1, 0.15) is 17.5 Å². The Morgan fingerprint density at radius 2 is 1.86 bits per heavy atom. The summed E-state index contributed by atoms with van der Waals surface area (Å²) in [5, 5.41) is 7.84. The zero-order valence-electron chi connectivity index (χ0n) is 16.0. The summed E-state index contributed by atoms with van der Waals surface area (Å²) in [5.41, 5.74) is 0.297. The fourth-order valence-corrected chi connectivity index (χ4v) is 4.57. The summed E-state index contributed by atoms with van der Waals surface area (Å²) in [5.74, 6) is -0.927. The summed E-state index contributed by atoms with van der Waals surface area (Å²) < 4.78 is 28.9. The quantitative estimate of drug-likeness (QED) is 0.253. The minimum absolute atomic E-state index is 0.0612. The molecule has 0 aliphatic carbocycles. The minimum atomic E-state index is -0.755. The molecule has 0 unspecified atom stereocenters. The van der Waals surface area contributed by atoms with Gasteiger partial charge in [0.15, 0.2) is 5.43 Å². The number of anilines is 1. The van der Waals surface area contributed by atoms with Crippen molar-refractivity contribution in [1.82, 2.24) is 10.3 Å². The summed E-state index contributed by atoms with van der Waals surface area (Å²) in [6, 6.07) is 9.26. The molecular weight excluding hydrogens is 392 g/mol. The van der Waals surface area contributed by atoms with Crippen LogP contribution in [0.1, 0.15) is 19.8 Å². The standard InChI is InChI=1S/C22H21F2N3OS/c1-2-8-25-9-5-10-26-22-21-18(14-6-3-4-7-17(14)27-22)19(28)15-11-13(23)12-16(24)20(15)29-21/h3-4,6-7,11-12,25H,2,5,8-10H2,1H3,(H,26,27). The number of aromatic nitrogens is 1. The molecule has 0 spiro atoms. The van der Waals surface area contributed by atoms with Gasteiger partial charge in [-0.2, -0.15) is 0 Å². The van der Waals surface area contributed by atoms with Crippen molar-refractivity contribution in [2.45, 2.75) is 19.8 Å². The molecule has 0 amide bonds. The Kier molecular flexibility index (Phi) is 5.69. The van der Waals surface area contributed by atoms with E-state index in [-0.39, 0.29) is 15.5 Å². The number of halogens is 2. The van der Waals surface area contributed by atoms with Gasteiger partial charge in [-0.15, -0.1) is 11.3 Å². The van der Waals surface area contributed by atoms with Crippen molar-refractivity contribution in [3.63, 3.8) is 0 Å². The molecule has 0 saturated heterocycles. The number of fused-ring (bicyclic) bond motifs is 4. The molecule has 2 aromatic heterocycles. The molecule has 4 rings (SSSR count). The zero-order chi connectivity index (χ0) is 20.4. The Labute approximate surface area is 170 Å². The van der Waals surface area contributed by atoms with Crippen LogP contribution in [-0.2, 0) is 0 Å². The smallest absolute Gasteiger partial charge is 0.196 e. The fourth-order valence-electron chi connectivity index (χ4n) is 3.43. The number of benzene rings is 2. The summed E-state index contributed by atoms with van der Waals surface area (Å²) >= 11 is 1.13. The Balaban J connectivity index is 1.87. The topological polar surface area (TPSA) is 54.0 Å². The van der Waals surface area contributed by atoms with Gasteiger partial charge in [0, 0.05) is 23.4 Å². The largest absolute Gasteiger partial charge is 0.369 e. The fraction of sp³-hybridized carbons (Fsp3) is 0.273. The highest BCUT2D eigenvalue weighted by Crippen LogP contribution is 2.35. The first-order valence-corrected chi connectivity index (χ1v) is 10.5. The van der Waals surface area contributed by atoms with Gasteiger partial charge in [-0.1, -0.05) is 25.1 Å². The van der Waals surface area contributed by atoms with Crippen LogP contribution < -0.4 is 16.1 Å². The lowest BCUT2D eigenvalue weighted by Crippen LogP contribution is -2.19. The van der Waals surface area contributed by atoms with Gasteiger partial charge in [0.05, 0.1) is 20.3 Å². The highest BCUT2D eigenvalue weighted by atomic mass is 32.1. The van der Waals surface area contributed by atoms with Crippen molar-refractivity contribution in [3.8, 4) is 0 Å². The normalized spacial score (nSPS) is 11.6. The van der Waals surface area contributed by atoms with Gasteiger partial charge < -0.3 is 10.6 Å². The van der Waals surface area contributed by atoms with Crippen molar-refractivity contribution in [1.29, 1.82) is 0 Å². The molecule has 7 heteroatoms. The average molecular weight is 413 g/mol. The Bertz CT molecular complexity index is 1260. The second kappa shape index (κ2) is 8.39. The first-order chi connectivity index (χ1) is 14.1. The van der Waals surface area contributed by atoms with Crippen molar-refractivity contribution in [3.05, 3.63) is 58.3 Å². The maximum atomic E-state index is 14.4. The molecule has 0 fully saturated rings. The third-order valence-corrected chi connectivity index (χ3v) is 6.00. The number of nitrogens with one attached hydrogen (secondary N) is 2. The average Bonchev–Trinajstić information content (AvgIpc) is 2.71. The maximum absolute atomic E-state index is 14.4. The van der Waals surface area contributed by atoms with Gasteiger partial charge in [0.2, 0.25) is 0 Å². The number of pyridine rings is 1. The van der Waals surface area contributed by atoms with Crippen LogP contribution in [0.2, 0.25) is 0 Å². The molecule has 4 aromatic rings. The molecule has 2 heterocycles. The summed E-state index contributed by atoms with van der Waals surface area (Å²) in [7, 11) is 0. The van der Waals surface area contributed by atoms with E-state index in [2.05, 4.69) is 22.5 Å². The molecule has 2 aromatic carbocycles. The molecule has 0 aliphatic heterocycles. The number of nitrogens with zero attached hydrogens (tertiary/aromatic N) is 1. The van der Waals surface area contributed by atoms with Gasteiger partial charge in [0.25, 0.3) is 0 Å². The number of rotatable bonds is 7. The van der Waals surface area contributed by atoms with E-state index in [4.69, 9.17) is 0 Å². The Morgan fingerprint density at radius 1 is 1.03 bits per heavy atom. The number of para-hydroxylation sites is 1. The monoisotopic (exact) mass is 413 g/mol. The maximum Gasteiger partial charge on any atom is 0.196 e. The van der Waals surface area contributed by atoms with Crippen LogP contribution in [0.25, 0.3) is 31.1 Å². The van der Waals surface area contributed by atoms with E-state index in [9.17, 15) is 13.6 Å². The van der Waals surface area contributed by atoms with Crippen LogP contribution in [0.3, 0.4) is 0 Å². The predicted molar refractivity (Wildman–Crippen MR) is 117 cm³/mol. The molecule has 4 nitrogen and oxygen atoms in total. The van der Waals surface area contributed by atoms with E-state index < -0.39 is 11.6 Å². The van der Waals surface area contributed by atoms with E-state index in [0.29, 0.717) is 33.4 Å². The van der Waals surface area contributed by atoms with E-state index in [1.165, 1.54) is 0 Å². The van der Waals surface area contributed by atoms with Crippen molar-refractivity contribution >= 4 is 48.2 Å². The van der Waals surface area contributed by atoms with E-state index in [0.717, 1.165) is 49.4 Å². The third-order valence-electron chi connectivity index (χ3n) is 4.78. The lowest BCUT2D eigenvalue weighted by molar-refractivity contribution is 0.593. The van der Waals surface area contributed by atoms with E-state index in [1.54, 1.807) is 0 Å². The van der Waals surface area contributed by atoms with Crippen molar-refractivity contribution < 1.29 is 8.78 Å². The van der Waals surface area contributed by atoms with Crippen LogP contribution in [-0.4, -0.2) is 24.6 Å². The number of hydrogen-bond acceptors (Lipinski definition) is 5. The molecule has 0 bridgehead atoms. The van der Waals surface area contributed by atoms with E-state index >= 15 is 0 Å². The molecule has 0 radical (unpaired) electrons. The third kappa shape index (κ3) is 3.80. The van der Waals surface area contributed by atoms with Gasteiger partial charge >= 0.3 is 0 Å². The number of hydrogen-bond donors (Lipinski definition) is 2. The lowest BCUT2D eigenvalue weighted by atomic mass is 10.1. The van der Waals surface area contributed by atoms with Crippen LogP contribution in [0, 0.1) is 11.6 Å². The van der Waals surface area contributed by atoms with E-state index in [1.807, 2.05) is 24.3 Å². The molecule has 0 aliphatic rings. The van der Waals surface area contributed by atoms with Crippen LogP contribution >= 0.6 is 11.3 Å². The summed E-state index contributed by atoms with van der Waals surface area (Å²) in [4.78, 5) is 17.9. The molecule has 2 N–H and O–H groups in total. The van der Waals surface area contributed by atoms with Crippen LogP contribution in [0.4, 0.5) is 14.6 Å². The summed E-state index contributed by atoms with van der Waals surface area (Å²) in [6.07, 6.45) is 1.97. The first-order valence-electron chi connectivity index (χ1n) is 9.69. The van der Waals surface area contributed by atoms with Gasteiger partial charge in [-0.05, 0) is 38.1 Å². The predicted octanol–water partition coefficient (Wildman–Crippen LogP) is 5.04. The molecule has 29 heavy (non-hydrogen) atoms. The second-order valence-corrected chi connectivity index (χ2v) is 7.93. The highest BCUT2D eigenvalue weighted by molar-refractivity contribution is 7.25. The van der Waals surface area contributed by atoms with Gasteiger partial charge in [-0.3, -0.25) is 4.79 Å². The Morgan fingerprint density at radius 3 is 2.69 bits per heavy atom. The Hall–Kier alpha value is -2.64. The molecular formula is C22H21F2N3OS. The van der Waals surface area contributed by atoms with Crippen LogP contribution in [0.15, 0.2) is 41.2 Å². The molecule has 0 atom stereocenters.